The third kappa shape index (κ3) is 6.14. The Labute approximate surface area is 192 Å². The Bertz CT molecular complexity index is 927. The molecule has 1 saturated heterocycles. The third-order valence-electron chi connectivity index (χ3n) is 6.38. The third-order valence-corrected chi connectivity index (χ3v) is 7.94. The summed E-state index contributed by atoms with van der Waals surface area (Å²) in [5.41, 5.74) is -0.0464. The first-order valence-corrected chi connectivity index (χ1v) is 13.0. The maximum absolute atomic E-state index is 14.7. The monoisotopic (exact) mass is 467 g/mol. The second-order valence-corrected chi connectivity index (χ2v) is 10.3. The molecule has 8 heteroatoms. The number of rotatable bonds is 8. The molecule has 2 fully saturated rings. The number of halogens is 2. The van der Waals surface area contributed by atoms with Crippen LogP contribution >= 0.6 is 23.4 Å². The lowest BCUT2D eigenvalue weighted by Crippen LogP contribution is -2.36. The van der Waals surface area contributed by atoms with Crippen molar-refractivity contribution >= 4 is 34.3 Å². The van der Waals surface area contributed by atoms with Crippen LogP contribution in [0.15, 0.2) is 16.9 Å². The number of piperidine rings is 1. The highest BCUT2D eigenvalue weighted by Crippen LogP contribution is 2.30. The first kappa shape index (κ1) is 22.9. The minimum Gasteiger partial charge on any atom is -0.493 e. The van der Waals surface area contributed by atoms with Gasteiger partial charge in [0.15, 0.2) is 0 Å². The predicted molar refractivity (Wildman–Crippen MR) is 126 cm³/mol. The Morgan fingerprint density at radius 2 is 1.97 bits per heavy atom. The summed E-state index contributed by atoms with van der Waals surface area (Å²) in [7, 11) is 0. The van der Waals surface area contributed by atoms with Crippen molar-refractivity contribution in [1.29, 1.82) is 0 Å². The van der Waals surface area contributed by atoms with Crippen molar-refractivity contribution in [3.8, 4) is 5.75 Å². The van der Waals surface area contributed by atoms with Gasteiger partial charge in [-0.25, -0.2) is 9.37 Å². The van der Waals surface area contributed by atoms with Crippen LogP contribution in [0.4, 0.5) is 4.39 Å². The zero-order chi connectivity index (χ0) is 21.6. The van der Waals surface area contributed by atoms with E-state index in [1.807, 2.05) is 11.8 Å². The number of likely N-dealkylation sites (tertiary alicyclic amines) is 1. The first-order chi connectivity index (χ1) is 15.1. The van der Waals surface area contributed by atoms with Crippen LogP contribution in [-0.2, 0) is 5.75 Å². The molecule has 170 valence electrons. The van der Waals surface area contributed by atoms with Crippen LogP contribution in [0.2, 0.25) is 0 Å². The highest BCUT2D eigenvalue weighted by molar-refractivity contribution is 7.99. The van der Waals surface area contributed by atoms with Gasteiger partial charge >= 0.3 is 0 Å². The molecule has 0 atom stereocenters. The van der Waals surface area contributed by atoms with Gasteiger partial charge in [-0.2, -0.15) is 11.8 Å². The molecule has 31 heavy (non-hydrogen) atoms. The zero-order valence-electron chi connectivity index (χ0n) is 17.9. The van der Waals surface area contributed by atoms with Crippen LogP contribution in [0.3, 0.4) is 0 Å². The number of benzene rings is 1. The number of nitrogens with zero attached hydrogens (tertiary/aromatic N) is 2. The van der Waals surface area contributed by atoms with E-state index in [4.69, 9.17) is 16.3 Å². The fourth-order valence-electron chi connectivity index (χ4n) is 4.54. The Kier molecular flexibility index (Phi) is 8.13. The summed E-state index contributed by atoms with van der Waals surface area (Å²) in [6.45, 7) is 3.51. The van der Waals surface area contributed by atoms with Crippen LogP contribution in [-0.4, -0.2) is 52.2 Å². The lowest BCUT2D eigenvalue weighted by Gasteiger charge is -2.31. The lowest BCUT2D eigenvalue weighted by molar-refractivity contribution is 0.146. The number of fused-ring (bicyclic) bond motifs is 1. The van der Waals surface area contributed by atoms with Gasteiger partial charge in [-0.1, -0.05) is 19.3 Å². The van der Waals surface area contributed by atoms with Gasteiger partial charge in [-0.05, 0) is 44.7 Å². The first-order valence-electron chi connectivity index (χ1n) is 11.4. The Morgan fingerprint density at radius 3 is 2.71 bits per heavy atom. The van der Waals surface area contributed by atoms with Crippen molar-refractivity contribution in [2.75, 3.05) is 32.1 Å². The van der Waals surface area contributed by atoms with Crippen molar-refractivity contribution in [3.63, 3.8) is 0 Å². The molecule has 1 aromatic heterocycles. The summed E-state index contributed by atoms with van der Waals surface area (Å²) in [4.78, 5) is 22.2. The SMILES string of the molecule is O=c1[nH]c(CSC2CCCCC2)nc2cc(OCC3CCN(CCCl)CC3)cc(F)c12. The largest absolute Gasteiger partial charge is 0.493 e. The average molecular weight is 468 g/mol. The topological polar surface area (TPSA) is 58.2 Å². The lowest BCUT2D eigenvalue weighted by atomic mass is 9.98. The fourth-order valence-corrected chi connectivity index (χ4v) is 5.97. The number of aromatic nitrogens is 2. The summed E-state index contributed by atoms with van der Waals surface area (Å²) in [5.74, 6) is 2.21. The summed E-state index contributed by atoms with van der Waals surface area (Å²) >= 11 is 7.66. The second-order valence-electron chi connectivity index (χ2n) is 8.67. The van der Waals surface area contributed by atoms with Crippen LogP contribution in [0.25, 0.3) is 10.9 Å². The van der Waals surface area contributed by atoms with Gasteiger partial charge in [0, 0.05) is 29.8 Å². The van der Waals surface area contributed by atoms with E-state index in [-0.39, 0.29) is 5.39 Å². The van der Waals surface area contributed by atoms with Crippen molar-refractivity contribution in [3.05, 3.63) is 34.1 Å². The van der Waals surface area contributed by atoms with Gasteiger partial charge in [0.05, 0.1) is 17.9 Å². The second kappa shape index (κ2) is 11.0. The van der Waals surface area contributed by atoms with Gasteiger partial charge in [0.2, 0.25) is 0 Å². The summed E-state index contributed by atoms with van der Waals surface area (Å²) < 4.78 is 20.6. The van der Waals surface area contributed by atoms with Crippen LogP contribution in [0.1, 0.15) is 50.8 Å². The molecule has 1 aliphatic heterocycles. The Morgan fingerprint density at radius 1 is 1.19 bits per heavy atom. The molecule has 1 saturated carbocycles. The molecule has 4 rings (SSSR count). The van der Waals surface area contributed by atoms with Crippen molar-refractivity contribution in [1.82, 2.24) is 14.9 Å². The van der Waals surface area contributed by atoms with Crippen molar-refractivity contribution in [2.45, 2.75) is 55.9 Å². The fraction of sp³-hybridized carbons (Fsp3) is 0.652. The van der Waals surface area contributed by atoms with E-state index in [0.717, 1.165) is 32.5 Å². The van der Waals surface area contributed by atoms with Gasteiger partial charge in [-0.15, -0.1) is 11.6 Å². The van der Waals surface area contributed by atoms with Crippen LogP contribution < -0.4 is 10.3 Å². The molecule has 2 heterocycles. The van der Waals surface area contributed by atoms with E-state index < -0.39 is 11.4 Å². The van der Waals surface area contributed by atoms with E-state index in [2.05, 4.69) is 14.9 Å². The number of H-pyrrole nitrogens is 1. The minimum absolute atomic E-state index is 0.00755. The summed E-state index contributed by atoms with van der Waals surface area (Å²) in [5, 5.41) is 0.630. The molecule has 2 aliphatic rings. The molecule has 5 nitrogen and oxygen atoms in total. The molecule has 0 radical (unpaired) electrons. The highest BCUT2D eigenvalue weighted by Gasteiger charge is 2.20. The van der Waals surface area contributed by atoms with Gasteiger partial charge in [-0.3, -0.25) is 4.79 Å². The number of nitrogens with one attached hydrogen (secondary N) is 1. The van der Waals surface area contributed by atoms with Crippen LogP contribution in [0.5, 0.6) is 5.75 Å². The average Bonchev–Trinajstić information content (AvgIpc) is 2.78. The molecule has 0 unspecified atom stereocenters. The number of ether oxygens (including phenoxy) is 1. The van der Waals surface area contributed by atoms with Gasteiger partial charge in [0.1, 0.15) is 22.8 Å². The molecule has 0 spiro atoms. The number of alkyl halides is 1. The maximum Gasteiger partial charge on any atom is 0.261 e. The normalized spacial score (nSPS) is 19.2. The molecule has 2 aromatic rings. The van der Waals surface area contributed by atoms with E-state index in [9.17, 15) is 9.18 Å². The van der Waals surface area contributed by atoms with E-state index in [1.165, 1.54) is 38.2 Å². The van der Waals surface area contributed by atoms with E-state index in [1.54, 1.807) is 6.07 Å². The molecule has 1 N–H and O–H groups in total. The Hall–Kier alpha value is -1.31. The predicted octanol–water partition coefficient (Wildman–Crippen LogP) is 4.96. The van der Waals surface area contributed by atoms with Crippen molar-refractivity contribution < 1.29 is 9.13 Å². The minimum atomic E-state index is -0.579. The molecule has 0 amide bonds. The highest BCUT2D eigenvalue weighted by atomic mass is 35.5. The van der Waals surface area contributed by atoms with Crippen LogP contribution in [0, 0.1) is 11.7 Å². The smallest absolute Gasteiger partial charge is 0.261 e. The summed E-state index contributed by atoms with van der Waals surface area (Å²) in [6, 6.07) is 3.00. The summed E-state index contributed by atoms with van der Waals surface area (Å²) in [6.07, 6.45) is 8.41. The zero-order valence-corrected chi connectivity index (χ0v) is 19.4. The number of hydrogen-bond donors (Lipinski definition) is 1. The number of aromatic amines is 1. The molecule has 1 aromatic carbocycles. The van der Waals surface area contributed by atoms with Crippen molar-refractivity contribution in [2.24, 2.45) is 5.92 Å². The molecular weight excluding hydrogens is 437 g/mol. The molecule has 1 aliphatic carbocycles. The molecule has 0 bridgehead atoms. The standard InChI is InChI=1S/C23H31ClFN3O2S/c24-8-11-28-9-6-16(7-10-28)14-30-17-12-19(25)22-20(13-17)26-21(27-23(22)29)15-31-18-4-2-1-3-5-18/h12-13,16,18H,1-11,14-15H2,(H,26,27,29). The van der Waals surface area contributed by atoms with Gasteiger partial charge < -0.3 is 14.6 Å². The quantitative estimate of drug-likeness (QED) is 0.556. The van der Waals surface area contributed by atoms with E-state index >= 15 is 0 Å². The number of hydrogen-bond acceptors (Lipinski definition) is 5. The Balaban J connectivity index is 1.40. The molecular formula is C23H31ClFN3O2S. The maximum atomic E-state index is 14.7. The van der Waals surface area contributed by atoms with E-state index in [0.29, 0.717) is 46.5 Å². The van der Waals surface area contributed by atoms with Gasteiger partial charge in [0.25, 0.3) is 5.56 Å². The number of thioether (sulfide) groups is 1.